The zero-order chi connectivity index (χ0) is 21.3. The average Bonchev–Trinajstić information content (AvgIpc) is 3.40. The molecule has 0 unspecified atom stereocenters. The minimum absolute atomic E-state index is 0.130. The van der Waals surface area contributed by atoms with Crippen LogP contribution in [-0.2, 0) is 24.4 Å². The highest BCUT2D eigenvalue weighted by Crippen LogP contribution is 2.14. The number of anilines is 1. The van der Waals surface area contributed by atoms with Crippen LogP contribution in [-0.4, -0.2) is 33.9 Å². The lowest BCUT2D eigenvalue weighted by Gasteiger charge is -2.12. The first kappa shape index (κ1) is 21.1. The third-order valence-corrected chi connectivity index (χ3v) is 4.36. The van der Waals surface area contributed by atoms with Gasteiger partial charge in [-0.3, -0.25) is 14.5 Å². The maximum absolute atomic E-state index is 12.1. The topological polar surface area (TPSA) is 109 Å². The van der Waals surface area contributed by atoms with Gasteiger partial charge in [-0.2, -0.15) is 5.10 Å². The summed E-state index contributed by atoms with van der Waals surface area (Å²) in [7, 11) is 1.71. The summed E-state index contributed by atoms with van der Waals surface area (Å²) in [6.07, 6.45) is 3.40. The van der Waals surface area contributed by atoms with E-state index in [1.807, 2.05) is 30.3 Å². The Morgan fingerprint density at radius 1 is 1.20 bits per heavy atom. The van der Waals surface area contributed by atoms with Crippen LogP contribution in [0.5, 0.6) is 0 Å². The fraction of sp³-hybridized carbons (Fsp3) is 0.333. The van der Waals surface area contributed by atoms with Gasteiger partial charge in [0.1, 0.15) is 6.54 Å². The number of hydrogen-bond donors (Lipinski definition) is 3. The number of benzene rings is 1. The summed E-state index contributed by atoms with van der Waals surface area (Å²) < 4.78 is 6.91. The van der Waals surface area contributed by atoms with Crippen LogP contribution in [0.2, 0.25) is 0 Å². The number of carbonyl (C=O) groups is 1. The van der Waals surface area contributed by atoms with E-state index in [9.17, 15) is 4.79 Å². The second kappa shape index (κ2) is 10.2. The van der Waals surface area contributed by atoms with Crippen molar-refractivity contribution in [3.8, 4) is 0 Å². The van der Waals surface area contributed by atoms with Gasteiger partial charge in [-0.1, -0.05) is 31.1 Å². The predicted molar refractivity (Wildman–Crippen MR) is 115 cm³/mol. The van der Waals surface area contributed by atoms with Crippen LogP contribution in [0, 0.1) is 0 Å². The number of hydrogen-bond acceptors (Lipinski definition) is 5. The van der Waals surface area contributed by atoms with Crippen molar-refractivity contribution >= 4 is 17.6 Å². The van der Waals surface area contributed by atoms with Gasteiger partial charge in [0.25, 0.3) is 0 Å². The molecule has 9 heteroatoms. The molecule has 2 heterocycles. The van der Waals surface area contributed by atoms with E-state index in [0.29, 0.717) is 25.0 Å². The number of guanidine groups is 1. The molecule has 9 nitrogen and oxygen atoms in total. The van der Waals surface area contributed by atoms with Crippen LogP contribution in [0.15, 0.2) is 58.3 Å². The lowest BCUT2D eigenvalue weighted by molar-refractivity contribution is -0.116. The summed E-state index contributed by atoms with van der Waals surface area (Å²) in [5.41, 5.74) is 2.68. The molecule has 30 heavy (non-hydrogen) atoms. The molecule has 0 aliphatic carbocycles. The molecule has 3 rings (SSSR count). The van der Waals surface area contributed by atoms with Crippen molar-refractivity contribution in [2.75, 3.05) is 12.4 Å². The molecule has 3 N–H and O–H groups in total. The molecule has 0 bridgehead atoms. The molecule has 0 fully saturated rings. The van der Waals surface area contributed by atoms with Crippen LogP contribution < -0.4 is 16.0 Å². The fourth-order valence-electron chi connectivity index (χ4n) is 2.76. The molecular weight excluding hydrogens is 382 g/mol. The fourth-order valence-corrected chi connectivity index (χ4v) is 2.76. The van der Waals surface area contributed by atoms with Gasteiger partial charge in [0.15, 0.2) is 11.7 Å². The highest BCUT2D eigenvalue weighted by molar-refractivity contribution is 5.90. The second-order valence-electron chi connectivity index (χ2n) is 7.10. The van der Waals surface area contributed by atoms with Crippen molar-refractivity contribution in [2.24, 2.45) is 4.99 Å². The average molecular weight is 409 g/mol. The van der Waals surface area contributed by atoms with Crippen molar-refractivity contribution in [3.05, 3.63) is 65.8 Å². The predicted octanol–water partition coefficient (Wildman–Crippen LogP) is 2.50. The Hall–Kier alpha value is -3.62. The van der Waals surface area contributed by atoms with E-state index in [1.165, 1.54) is 0 Å². The van der Waals surface area contributed by atoms with E-state index in [0.717, 1.165) is 22.7 Å². The van der Waals surface area contributed by atoms with E-state index in [4.69, 9.17) is 4.52 Å². The van der Waals surface area contributed by atoms with Gasteiger partial charge >= 0.3 is 0 Å². The molecular formula is C21H27N7O2. The lowest BCUT2D eigenvalue weighted by atomic mass is 10.1. The molecule has 0 aliphatic rings. The first-order valence-electron chi connectivity index (χ1n) is 9.79. The molecule has 3 aromatic rings. The van der Waals surface area contributed by atoms with Gasteiger partial charge in [0.05, 0.1) is 12.2 Å². The lowest BCUT2D eigenvalue weighted by Crippen LogP contribution is -2.36. The Morgan fingerprint density at radius 2 is 2.03 bits per heavy atom. The van der Waals surface area contributed by atoms with Gasteiger partial charge in [0, 0.05) is 37.7 Å². The van der Waals surface area contributed by atoms with E-state index >= 15 is 0 Å². The number of nitrogens with zero attached hydrogens (tertiary/aromatic N) is 4. The monoisotopic (exact) mass is 409 g/mol. The Balaban J connectivity index is 1.49. The summed E-state index contributed by atoms with van der Waals surface area (Å²) in [6, 6.07) is 11.4. The van der Waals surface area contributed by atoms with Gasteiger partial charge in [-0.15, -0.1) is 0 Å². The zero-order valence-corrected chi connectivity index (χ0v) is 17.4. The maximum Gasteiger partial charge on any atom is 0.246 e. The molecule has 2 aromatic heterocycles. The number of nitrogens with one attached hydrogen (secondary N) is 3. The third-order valence-electron chi connectivity index (χ3n) is 4.36. The van der Waals surface area contributed by atoms with Gasteiger partial charge < -0.3 is 20.5 Å². The molecule has 0 saturated carbocycles. The molecule has 1 aromatic carbocycles. The minimum Gasteiger partial charge on any atom is -0.359 e. The number of rotatable bonds is 8. The number of carbonyl (C=O) groups excluding carboxylic acids is 1. The Kier molecular flexibility index (Phi) is 7.20. The molecule has 1 amide bonds. The standard InChI is InChI=1S/C21H27N7O2/c1-15(2)19-11-18(30-27-19)13-24-21(22-3)23-12-16-6-4-7-17(10-16)26-20(29)14-28-9-5-8-25-28/h4-11,15H,12-14H2,1-3H3,(H,26,29)(H2,22,23,24). The van der Waals surface area contributed by atoms with Gasteiger partial charge in [0.2, 0.25) is 5.91 Å². The van der Waals surface area contributed by atoms with Crippen molar-refractivity contribution in [3.63, 3.8) is 0 Å². The van der Waals surface area contributed by atoms with Crippen LogP contribution in [0.1, 0.15) is 36.8 Å². The van der Waals surface area contributed by atoms with Gasteiger partial charge in [-0.05, 0) is 29.7 Å². The minimum atomic E-state index is -0.130. The summed E-state index contributed by atoms with van der Waals surface area (Å²) in [4.78, 5) is 16.4. The normalized spacial score (nSPS) is 11.5. The van der Waals surface area contributed by atoms with Crippen molar-refractivity contribution in [1.29, 1.82) is 0 Å². The first-order valence-corrected chi connectivity index (χ1v) is 9.79. The van der Waals surface area contributed by atoms with Gasteiger partial charge in [-0.25, -0.2) is 0 Å². The zero-order valence-electron chi connectivity index (χ0n) is 17.4. The molecule has 158 valence electrons. The van der Waals surface area contributed by atoms with E-state index < -0.39 is 0 Å². The summed E-state index contributed by atoms with van der Waals surface area (Å²) in [5, 5.41) is 17.4. The SMILES string of the molecule is CN=C(NCc1cccc(NC(=O)Cn2cccn2)c1)NCc1cc(C(C)C)no1. The van der Waals surface area contributed by atoms with E-state index in [-0.39, 0.29) is 12.5 Å². The van der Waals surface area contributed by atoms with Crippen LogP contribution >= 0.6 is 0 Å². The van der Waals surface area contributed by atoms with Crippen molar-refractivity contribution in [2.45, 2.75) is 39.4 Å². The number of amides is 1. The molecule has 0 saturated heterocycles. The summed E-state index contributed by atoms with van der Waals surface area (Å²) in [6.45, 7) is 5.36. The molecule has 0 radical (unpaired) electrons. The Bertz CT molecular complexity index is 977. The highest BCUT2D eigenvalue weighted by atomic mass is 16.5. The Morgan fingerprint density at radius 3 is 2.73 bits per heavy atom. The highest BCUT2D eigenvalue weighted by Gasteiger charge is 2.09. The molecule has 0 spiro atoms. The van der Waals surface area contributed by atoms with Crippen LogP contribution in [0.4, 0.5) is 5.69 Å². The Labute approximate surface area is 175 Å². The molecule has 0 atom stereocenters. The van der Waals surface area contributed by atoms with Crippen molar-refractivity contribution < 1.29 is 9.32 Å². The van der Waals surface area contributed by atoms with Crippen molar-refractivity contribution in [1.82, 2.24) is 25.6 Å². The largest absolute Gasteiger partial charge is 0.359 e. The molecule has 0 aliphatic heterocycles. The van der Waals surface area contributed by atoms with Crippen LogP contribution in [0.25, 0.3) is 0 Å². The maximum atomic E-state index is 12.1. The number of aliphatic imine (C=N–C) groups is 1. The van der Waals surface area contributed by atoms with E-state index in [1.54, 1.807) is 30.2 Å². The first-order chi connectivity index (χ1) is 14.5. The second-order valence-corrected chi connectivity index (χ2v) is 7.10. The summed E-state index contributed by atoms with van der Waals surface area (Å²) >= 11 is 0. The number of aromatic nitrogens is 3. The summed E-state index contributed by atoms with van der Waals surface area (Å²) in [5.74, 6) is 1.59. The quantitative estimate of drug-likeness (QED) is 0.390. The van der Waals surface area contributed by atoms with Crippen LogP contribution in [0.3, 0.4) is 0 Å². The van der Waals surface area contributed by atoms with E-state index in [2.05, 4.69) is 45.0 Å². The smallest absolute Gasteiger partial charge is 0.246 e. The third kappa shape index (κ3) is 6.20.